The van der Waals surface area contributed by atoms with E-state index in [2.05, 4.69) is 27.2 Å². The van der Waals surface area contributed by atoms with Crippen molar-refractivity contribution in [2.24, 2.45) is 5.92 Å². The molecule has 2 aromatic heterocycles. The van der Waals surface area contributed by atoms with Crippen LogP contribution in [-0.2, 0) is 0 Å². The largest absolute Gasteiger partial charge is 0.360 e. The maximum atomic E-state index is 5.63. The van der Waals surface area contributed by atoms with Crippen LogP contribution < -0.4 is 0 Å². The maximum Gasteiger partial charge on any atom is 0.231 e. The van der Waals surface area contributed by atoms with Gasteiger partial charge in [-0.3, -0.25) is 0 Å². The van der Waals surface area contributed by atoms with Gasteiger partial charge >= 0.3 is 0 Å². The lowest BCUT2D eigenvalue weighted by Crippen LogP contribution is -2.46. The third-order valence-corrected chi connectivity index (χ3v) is 5.25. The van der Waals surface area contributed by atoms with Gasteiger partial charge in [-0.1, -0.05) is 23.4 Å². The highest BCUT2D eigenvalue weighted by Crippen LogP contribution is 2.39. The van der Waals surface area contributed by atoms with Crippen molar-refractivity contribution in [3.05, 3.63) is 36.4 Å². The molecule has 0 radical (unpaired) electrons. The van der Waals surface area contributed by atoms with Crippen LogP contribution in [0.4, 0.5) is 0 Å². The Morgan fingerprint density at radius 1 is 1.17 bits per heavy atom. The summed E-state index contributed by atoms with van der Waals surface area (Å²) in [6, 6.07) is 8.21. The topological polar surface area (TPSA) is 58.0 Å². The van der Waals surface area contributed by atoms with E-state index in [1.54, 1.807) is 0 Å². The first kappa shape index (κ1) is 14.7. The molecule has 5 nitrogen and oxygen atoms in total. The summed E-state index contributed by atoms with van der Waals surface area (Å²) in [6.45, 7) is 3.52. The predicted molar refractivity (Wildman–Crippen MR) is 90.7 cm³/mol. The van der Waals surface area contributed by atoms with Crippen LogP contribution in [0.25, 0.3) is 22.3 Å². The molecule has 3 aliphatic heterocycles. The standard InChI is InChI=1S/C17H18N4O.ClH/c1-2-4-15-12(3-1)13(9-18-15)16-19-17(22-20-16)14-10-21-7-5-11(14)6-8-21;/h1-4,9,11,14,18H,5-8,10H2;1H. The summed E-state index contributed by atoms with van der Waals surface area (Å²) in [7, 11) is 0. The second kappa shape index (κ2) is 5.65. The Kier molecular flexibility index (Phi) is 3.62. The van der Waals surface area contributed by atoms with Crippen LogP contribution in [0.15, 0.2) is 35.0 Å². The van der Waals surface area contributed by atoms with Crippen molar-refractivity contribution in [2.45, 2.75) is 18.8 Å². The number of hydrogen-bond acceptors (Lipinski definition) is 4. The fourth-order valence-electron chi connectivity index (χ4n) is 4.00. The number of aromatic amines is 1. The Balaban J connectivity index is 0.00000135. The highest BCUT2D eigenvalue weighted by atomic mass is 35.5. The number of benzene rings is 1. The molecule has 1 N–H and O–H groups in total. The van der Waals surface area contributed by atoms with E-state index in [1.165, 1.54) is 25.9 Å². The van der Waals surface area contributed by atoms with E-state index in [0.717, 1.165) is 28.9 Å². The van der Waals surface area contributed by atoms with Crippen molar-refractivity contribution in [1.29, 1.82) is 0 Å². The zero-order chi connectivity index (χ0) is 14.5. The quantitative estimate of drug-likeness (QED) is 0.782. The van der Waals surface area contributed by atoms with Crippen LogP contribution in [0.2, 0.25) is 0 Å². The molecule has 120 valence electrons. The molecule has 3 fully saturated rings. The first-order valence-corrected chi connectivity index (χ1v) is 8.01. The van der Waals surface area contributed by atoms with Crippen molar-refractivity contribution in [2.75, 3.05) is 19.6 Å². The fraction of sp³-hybridized carbons (Fsp3) is 0.412. The van der Waals surface area contributed by atoms with Crippen LogP contribution in [0, 0.1) is 5.92 Å². The molecule has 3 saturated heterocycles. The third kappa shape index (κ3) is 2.35. The number of rotatable bonds is 2. The average molecular weight is 331 g/mol. The molecule has 2 bridgehead atoms. The highest BCUT2D eigenvalue weighted by Gasteiger charge is 2.38. The molecule has 23 heavy (non-hydrogen) atoms. The predicted octanol–water partition coefficient (Wildman–Crippen LogP) is 3.45. The number of nitrogens with zero attached hydrogens (tertiary/aromatic N) is 3. The molecule has 3 aliphatic rings. The summed E-state index contributed by atoms with van der Waals surface area (Å²) in [6.07, 6.45) is 4.49. The number of piperidine rings is 3. The Labute approximate surface area is 140 Å². The average Bonchev–Trinajstić information content (AvgIpc) is 3.22. The number of fused-ring (bicyclic) bond motifs is 4. The molecule has 1 aromatic carbocycles. The second-order valence-corrected chi connectivity index (χ2v) is 6.45. The second-order valence-electron chi connectivity index (χ2n) is 6.45. The van der Waals surface area contributed by atoms with Gasteiger partial charge in [0.25, 0.3) is 0 Å². The minimum atomic E-state index is 0. The molecule has 5 heterocycles. The van der Waals surface area contributed by atoms with E-state index in [1.807, 2.05) is 18.3 Å². The molecule has 6 heteroatoms. The Morgan fingerprint density at radius 2 is 2.00 bits per heavy atom. The lowest BCUT2D eigenvalue weighted by atomic mass is 9.79. The number of hydrogen-bond donors (Lipinski definition) is 1. The molecular weight excluding hydrogens is 312 g/mol. The van der Waals surface area contributed by atoms with Crippen LogP contribution in [0.1, 0.15) is 24.7 Å². The van der Waals surface area contributed by atoms with Gasteiger partial charge in [-0.15, -0.1) is 12.4 Å². The van der Waals surface area contributed by atoms with Gasteiger partial charge in [-0.2, -0.15) is 4.98 Å². The van der Waals surface area contributed by atoms with Gasteiger partial charge in [-0.25, -0.2) is 0 Å². The first-order chi connectivity index (χ1) is 10.9. The van der Waals surface area contributed by atoms with E-state index in [9.17, 15) is 0 Å². The summed E-state index contributed by atoms with van der Waals surface area (Å²) in [5.41, 5.74) is 2.12. The van der Waals surface area contributed by atoms with Crippen LogP contribution in [0.5, 0.6) is 0 Å². The lowest BCUT2D eigenvalue weighted by molar-refractivity contribution is 0.0727. The zero-order valence-electron chi connectivity index (χ0n) is 12.7. The van der Waals surface area contributed by atoms with Gasteiger partial charge in [0.2, 0.25) is 11.7 Å². The van der Waals surface area contributed by atoms with Gasteiger partial charge in [0.1, 0.15) is 0 Å². The minimum absolute atomic E-state index is 0. The van der Waals surface area contributed by atoms with Crippen molar-refractivity contribution >= 4 is 23.3 Å². The molecular formula is C17H19ClN4O. The molecule has 0 aliphatic carbocycles. The summed E-state index contributed by atoms with van der Waals surface area (Å²) in [4.78, 5) is 10.5. The third-order valence-electron chi connectivity index (χ3n) is 5.25. The lowest BCUT2D eigenvalue weighted by Gasteiger charge is -2.43. The molecule has 6 rings (SSSR count). The number of H-pyrrole nitrogens is 1. The van der Waals surface area contributed by atoms with E-state index in [4.69, 9.17) is 9.51 Å². The van der Waals surface area contributed by atoms with Gasteiger partial charge < -0.3 is 14.4 Å². The molecule has 0 amide bonds. The van der Waals surface area contributed by atoms with E-state index >= 15 is 0 Å². The van der Waals surface area contributed by atoms with Crippen LogP contribution in [-0.4, -0.2) is 39.7 Å². The normalized spacial score (nSPS) is 26.3. The number of aromatic nitrogens is 3. The SMILES string of the molecule is Cl.c1ccc2c(-c3noc(C4CN5CCC4CC5)n3)c[nH]c2c1. The van der Waals surface area contributed by atoms with Gasteiger partial charge in [0.05, 0.1) is 5.92 Å². The fourth-order valence-corrected chi connectivity index (χ4v) is 4.00. The maximum absolute atomic E-state index is 5.63. The summed E-state index contributed by atoms with van der Waals surface area (Å²) in [5.74, 6) is 2.63. The van der Waals surface area contributed by atoms with Crippen molar-refractivity contribution in [1.82, 2.24) is 20.0 Å². The van der Waals surface area contributed by atoms with Gasteiger partial charge in [0, 0.05) is 29.2 Å². The molecule has 0 spiro atoms. The number of halogens is 1. The number of nitrogens with one attached hydrogen (secondary N) is 1. The monoisotopic (exact) mass is 330 g/mol. The van der Waals surface area contributed by atoms with Crippen molar-refractivity contribution < 1.29 is 4.52 Å². The summed E-state index contributed by atoms with van der Waals surface area (Å²) in [5, 5.41) is 5.39. The minimum Gasteiger partial charge on any atom is -0.360 e. The van der Waals surface area contributed by atoms with Crippen molar-refractivity contribution in [3.8, 4) is 11.4 Å². The Hall–Kier alpha value is -1.85. The highest BCUT2D eigenvalue weighted by molar-refractivity contribution is 5.93. The Bertz CT molecular complexity index is 819. The van der Waals surface area contributed by atoms with Crippen LogP contribution >= 0.6 is 12.4 Å². The Morgan fingerprint density at radius 3 is 2.78 bits per heavy atom. The van der Waals surface area contributed by atoms with Crippen molar-refractivity contribution in [3.63, 3.8) is 0 Å². The smallest absolute Gasteiger partial charge is 0.231 e. The number of para-hydroxylation sites is 1. The summed E-state index contributed by atoms with van der Waals surface area (Å²) < 4.78 is 5.63. The van der Waals surface area contributed by atoms with E-state index in [-0.39, 0.29) is 12.4 Å². The molecule has 3 aromatic rings. The molecule has 0 saturated carbocycles. The molecule has 1 unspecified atom stereocenters. The van der Waals surface area contributed by atoms with E-state index in [0.29, 0.717) is 17.7 Å². The molecule has 1 atom stereocenters. The van der Waals surface area contributed by atoms with Crippen LogP contribution in [0.3, 0.4) is 0 Å². The first-order valence-electron chi connectivity index (χ1n) is 8.01. The zero-order valence-corrected chi connectivity index (χ0v) is 13.6. The van der Waals surface area contributed by atoms with E-state index < -0.39 is 0 Å². The van der Waals surface area contributed by atoms with Gasteiger partial charge in [-0.05, 0) is 37.9 Å². The van der Waals surface area contributed by atoms with Gasteiger partial charge in [0.15, 0.2) is 0 Å². The summed E-state index contributed by atoms with van der Waals surface area (Å²) >= 11 is 0.